The van der Waals surface area contributed by atoms with Crippen LogP contribution in [0.15, 0.2) is 4.99 Å². The van der Waals surface area contributed by atoms with Crippen molar-refractivity contribution < 1.29 is 8.42 Å². The van der Waals surface area contributed by atoms with Crippen LogP contribution in [0.1, 0.15) is 34.1 Å². The zero-order valence-electron chi connectivity index (χ0n) is 13.1. The SMILES string of the molecule is CCC(C)NC(=NC)NCCS(=O)(=O)N(CC)CC.I. The topological polar surface area (TPSA) is 73.8 Å². The zero-order chi connectivity index (χ0) is 14.9. The molecule has 0 aliphatic carbocycles. The maximum atomic E-state index is 12.0. The fourth-order valence-corrected chi connectivity index (χ4v) is 2.98. The quantitative estimate of drug-likeness (QED) is 0.352. The number of hydrogen-bond donors (Lipinski definition) is 2. The van der Waals surface area contributed by atoms with Crippen LogP contribution in [0.5, 0.6) is 0 Å². The molecule has 0 aromatic heterocycles. The second-order valence-electron chi connectivity index (χ2n) is 4.35. The lowest BCUT2D eigenvalue weighted by Gasteiger charge is -2.20. The Morgan fingerprint density at radius 1 is 1.25 bits per heavy atom. The molecule has 0 aliphatic heterocycles. The molecule has 0 heterocycles. The molecule has 0 aliphatic rings. The van der Waals surface area contributed by atoms with Crippen molar-refractivity contribution in [2.75, 3.05) is 32.4 Å². The number of guanidine groups is 1. The molecule has 0 fully saturated rings. The number of aliphatic imine (C=N–C) groups is 1. The van der Waals surface area contributed by atoms with E-state index >= 15 is 0 Å². The van der Waals surface area contributed by atoms with Crippen molar-refractivity contribution in [1.29, 1.82) is 0 Å². The summed E-state index contributed by atoms with van der Waals surface area (Å²) >= 11 is 0. The molecule has 8 heteroatoms. The smallest absolute Gasteiger partial charge is 0.215 e. The van der Waals surface area contributed by atoms with Gasteiger partial charge in [0.2, 0.25) is 10.0 Å². The van der Waals surface area contributed by atoms with Crippen molar-refractivity contribution in [3.05, 3.63) is 0 Å². The summed E-state index contributed by atoms with van der Waals surface area (Å²) in [6.07, 6.45) is 0.985. The third-order valence-electron chi connectivity index (χ3n) is 2.97. The first-order valence-corrected chi connectivity index (χ1v) is 8.47. The van der Waals surface area contributed by atoms with E-state index in [1.807, 2.05) is 13.8 Å². The third-order valence-corrected chi connectivity index (χ3v) is 4.99. The largest absolute Gasteiger partial charge is 0.355 e. The third kappa shape index (κ3) is 8.25. The van der Waals surface area contributed by atoms with Crippen molar-refractivity contribution >= 4 is 40.0 Å². The lowest BCUT2D eigenvalue weighted by molar-refractivity contribution is 0.445. The molecule has 2 N–H and O–H groups in total. The maximum Gasteiger partial charge on any atom is 0.215 e. The summed E-state index contributed by atoms with van der Waals surface area (Å²) in [5.74, 6) is 0.722. The van der Waals surface area contributed by atoms with Crippen LogP contribution >= 0.6 is 24.0 Å². The van der Waals surface area contributed by atoms with Gasteiger partial charge in [-0.15, -0.1) is 24.0 Å². The van der Waals surface area contributed by atoms with Gasteiger partial charge in [-0.05, 0) is 13.3 Å². The molecule has 0 spiro atoms. The first kappa shape index (κ1) is 22.2. The molecular formula is C12H29IN4O2S. The molecule has 20 heavy (non-hydrogen) atoms. The Balaban J connectivity index is 0. The van der Waals surface area contributed by atoms with E-state index in [0.29, 0.717) is 31.6 Å². The number of hydrogen-bond acceptors (Lipinski definition) is 3. The summed E-state index contributed by atoms with van der Waals surface area (Å²) in [4.78, 5) is 4.07. The van der Waals surface area contributed by atoms with Crippen LogP contribution in [0.3, 0.4) is 0 Å². The predicted molar refractivity (Wildman–Crippen MR) is 96.4 cm³/mol. The van der Waals surface area contributed by atoms with Crippen molar-refractivity contribution in [1.82, 2.24) is 14.9 Å². The zero-order valence-corrected chi connectivity index (χ0v) is 16.3. The summed E-state index contributed by atoms with van der Waals surface area (Å²) in [6, 6.07) is 0.311. The number of sulfonamides is 1. The van der Waals surface area contributed by atoms with Crippen LogP contribution in [0.25, 0.3) is 0 Å². The highest BCUT2D eigenvalue weighted by Gasteiger charge is 2.18. The molecule has 0 radical (unpaired) electrons. The Labute approximate surface area is 140 Å². The van der Waals surface area contributed by atoms with Gasteiger partial charge in [-0.2, -0.15) is 0 Å². The normalized spacial score (nSPS) is 13.8. The van der Waals surface area contributed by atoms with Gasteiger partial charge >= 0.3 is 0 Å². The predicted octanol–water partition coefficient (Wildman–Crippen LogP) is 1.24. The molecule has 1 unspecified atom stereocenters. The standard InChI is InChI=1S/C12H28N4O2S.HI/c1-6-11(4)15-12(13-5)14-9-10-19(17,18)16(7-2)8-3;/h11H,6-10H2,1-5H3,(H2,13,14,15);1H. The van der Waals surface area contributed by atoms with Crippen LogP contribution in [0.4, 0.5) is 0 Å². The van der Waals surface area contributed by atoms with Gasteiger partial charge in [0.25, 0.3) is 0 Å². The van der Waals surface area contributed by atoms with Gasteiger partial charge < -0.3 is 10.6 Å². The molecule has 0 amide bonds. The molecule has 122 valence electrons. The van der Waals surface area contributed by atoms with Crippen molar-refractivity contribution in [2.45, 2.75) is 40.2 Å². The fraction of sp³-hybridized carbons (Fsp3) is 0.917. The molecule has 0 saturated heterocycles. The fourth-order valence-electron chi connectivity index (χ4n) is 1.57. The minimum atomic E-state index is -3.17. The molecule has 0 saturated carbocycles. The molecule has 0 aromatic rings. The average molecular weight is 420 g/mol. The number of rotatable bonds is 8. The maximum absolute atomic E-state index is 12.0. The highest BCUT2D eigenvalue weighted by Crippen LogP contribution is 1.99. The van der Waals surface area contributed by atoms with E-state index in [1.165, 1.54) is 4.31 Å². The van der Waals surface area contributed by atoms with E-state index in [1.54, 1.807) is 7.05 Å². The molecule has 1 atom stereocenters. The van der Waals surface area contributed by atoms with E-state index < -0.39 is 10.0 Å². The van der Waals surface area contributed by atoms with Gasteiger partial charge in [-0.1, -0.05) is 20.8 Å². The van der Waals surface area contributed by atoms with E-state index in [2.05, 4.69) is 29.5 Å². The van der Waals surface area contributed by atoms with E-state index in [-0.39, 0.29) is 29.7 Å². The molecule has 0 rings (SSSR count). The lowest BCUT2D eigenvalue weighted by atomic mass is 10.3. The summed E-state index contributed by atoms with van der Waals surface area (Å²) in [7, 11) is -1.50. The molecule has 0 bridgehead atoms. The van der Waals surface area contributed by atoms with E-state index in [0.717, 1.165) is 6.42 Å². The van der Waals surface area contributed by atoms with Crippen molar-refractivity contribution in [3.63, 3.8) is 0 Å². The number of halogens is 1. The Morgan fingerprint density at radius 2 is 1.80 bits per heavy atom. The monoisotopic (exact) mass is 420 g/mol. The first-order chi connectivity index (χ1) is 8.91. The minimum absolute atomic E-state index is 0. The van der Waals surface area contributed by atoms with E-state index in [9.17, 15) is 8.42 Å². The van der Waals surface area contributed by atoms with Gasteiger partial charge in [0.05, 0.1) is 5.75 Å². The second kappa shape index (κ2) is 11.6. The highest BCUT2D eigenvalue weighted by molar-refractivity contribution is 14.0. The summed E-state index contributed by atoms with van der Waals surface area (Å²) in [5, 5.41) is 6.22. The Bertz CT molecular complexity index is 370. The van der Waals surface area contributed by atoms with Gasteiger partial charge in [-0.25, -0.2) is 12.7 Å². The Kier molecular flexibility index (Phi) is 12.8. The van der Waals surface area contributed by atoms with Crippen molar-refractivity contribution in [2.24, 2.45) is 4.99 Å². The summed E-state index contributed by atoms with van der Waals surface area (Å²) < 4.78 is 25.4. The van der Waals surface area contributed by atoms with Gasteiger partial charge in [0.1, 0.15) is 0 Å². The van der Waals surface area contributed by atoms with Crippen LogP contribution in [-0.2, 0) is 10.0 Å². The number of nitrogens with one attached hydrogen (secondary N) is 2. The van der Waals surface area contributed by atoms with E-state index in [4.69, 9.17) is 0 Å². The minimum Gasteiger partial charge on any atom is -0.355 e. The van der Waals surface area contributed by atoms with Crippen LogP contribution in [0, 0.1) is 0 Å². The lowest BCUT2D eigenvalue weighted by Crippen LogP contribution is -2.44. The highest BCUT2D eigenvalue weighted by atomic mass is 127. The van der Waals surface area contributed by atoms with Gasteiger partial charge in [0.15, 0.2) is 5.96 Å². The Morgan fingerprint density at radius 3 is 2.20 bits per heavy atom. The number of nitrogens with zero attached hydrogens (tertiary/aromatic N) is 2. The van der Waals surface area contributed by atoms with Gasteiger partial charge in [0, 0.05) is 32.7 Å². The molecular weight excluding hydrogens is 391 g/mol. The second-order valence-corrected chi connectivity index (χ2v) is 6.44. The van der Waals surface area contributed by atoms with Crippen LogP contribution in [0.2, 0.25) is 0 Å². The molecule has 0 aromatic carbocycles. The van der Waals surface area contributed by atoms with Crippen LogP contribution < -0.4 is 10.6 Å². The first-order valence-electron chi connectivity index (χ1n) is 6.86. The summed E-state index contributed by atoms with van der Waals surface area (Å²) in [6.45, 7) is 9.21. The average Bonchev–Trinajstić information content (AvgIpc) is 2.38. The molecule has 6 nitrogen and oxygen atoms in total. The van der Waals surface area contributed by atoms with Crippen LogP contribution in [-0.4, -0.2) is 57.2 Å². The summed E-state index contributed by atoms with van der Waals surface area (Å²) in [5.41, 5.74) is 0. The van der Waals surface area contributed by atoms with Crippen molar-refractivity contribution in [3.8, 4) is 0 Å². The Hall–Kier alpha value is -0.0900. The van der Waals surface area contributed by atoms with Gasteiger partial charge in [-0.3, -0.25) is 4.99 Å².